The van der Waals surface area contributed by atoms with Crippen LogP contribution in [0.4, 0.5) is 0 Å². The third-order valence-corrected chi connectivity index (χ3v) is 1.51. The molecule has 0 atom stereocenters. The smallest absolute Gasteiger partial charge is 0.103 e. The van der Waals surface area contributed by atoms with Gasteiger partial charge in [0.2, 0.25) is 0 Å². The fourth-order valence-corrected chi connectivity index (χ4v) is 0.527. The topological polar surface area (TPSA) is 12.4 Å². The van der Waals surface area contributed by atoms with Crippen LogP contribution in [-0.4, -0.2) is 10.7 Å². The molecular formula is C7H13NS. The van der Waals surface area contributed by atoms with Gasteiger partial charge in [0.15, 0.2) is 0 Å². The molecule has 0 aromatic heterocycles. The van der Waals surface area contributed by atoms with E-state index in [1.54, 1.807) is 0 Å². The maximum absolute atomic E-state index is 4.91. The summed E-state index contributed by atoms with van der Waals surface area (Å²) in [5, 5.41) is 0. The Kier molecular flexibility index (Phi) is 4.50. The van der Waals surface area contributed by atoms with E-state index in [1.165, 1.54) is 0 Å². The molecule has 0 radical (unpaired) electrons. The van der Waals surface area contributed by atoms with Crippen molar-refractivity contribution in [2.75, 3.05) is 0 Å². The highest BCUT2D eigenvalue weighted by Crippen LogP contribution is 1.91. The van der Waals surface area contributed by atoms with Crippen LogP contribution in [0.25, 0.3) is 0 Å². The van der Waals surface area contributed by atoms with Gasteiger partial charge in [-0.2, -0.15) is 0 Å². The molecule has 0 heterocycles. The van der Waals surface area contributed by atoms with Crippen molar-refractivity contribution < 1.29 is 0 Å². The molecule has 9 heavy (non-hydrogen) atoms. The lowest BCUT2D eigenvalue weighted by molar-refractivity contribution is 1.24. The number of hydrogen-bond donors (Lipinski definition) is 0. The molecule has 0 aromatic rings. The first-order valence-corrected chi connectivity index (χ1v) is 3.68. The molecule has 52 valence electrons. The summed E-state index contributed by atoms with van der Waals surface area (Å²) in [5.41, 5.74) is 1.13. The molecule has 0 rings (SSSR count). The van der Waals surface area contributed by atoms with Crippen LogP contribution in [0.1, 0.15) is 33.6 Å². The number of rotatable bonds is 2. The quantitative estimate of drug-likeness (QED) is 0.427. The molecule has 0 bridgehead atoms. The van der Waals surface area contributed by atoms with Gasteiger partial charge in [-0.05, 0) is 19.8 Å². The fraction of sp³-hybridized carbons (Fsp3) is 0.714. The molecule has 0 aliphatic rings. The zero-order valence-electron chi connectivity index (χ0n) is 6.27. The van der Waals surface area contributed by atoms with Gasteiger partial charge in [0.1, 0.15) is 4.99 Å². The SMILES string of the molecule is CCC(=S)N=C(C)CC. The van der Waals surface area contributed by atoms with Crippen LogP contribution in [0.15, 0.2) is 4.99 Å². The van der Waals surface area contributed by atoms with Crippen LogP contribution in [0.3, 0.4) is 0 Å². The normalized spacial score (nSPS) is 11.7. The summed E-state index contributed by atoms with van der Waals surface area (Å²) in [7, 11) is 0. The van der Waals surface area contributed by atoms with Gasteiger partial charge >= 0.3 is 0 Å². The van der Waals surface area contributed by atoms with Crippen molar-refractivity contribution in [2.24, 2.45) is 4.99 Å². The lowest BCUT2D eigenvalue weighted by Gasteiger charge is -1.93. The van der Waals surface area contributed by atoms with Gasteiger partial charge in [0, 0.05) is 5.71 Å². The van der Waals surface area contributed by atoms with Gasteiger partial charge in [0.25, 0.3) is 0 Å². The minimum atomic E-state index is 0.814. The Bertz CT molecular complexity index is 127. The molecule has 0 saturated carbocycles. The third kappa shape index (κ3) is 4.28. The molecule has 0 aliphatic carbocycles. The van der Waals surface area contributed by atoms with Crippen molar-refractivity contribution in [3.05, 3.63) is 0 Å². The zero-order valence-corrected chi connectivity index (χ0v) is 7.09. The van der Waals surface area contributed by atoms with Crippen molar-refractivity contribution >= 4 is 22.9 Å². The first-order chi connectivity index (χ1) is 4.20. The molecule has 0 fully saturated rings. The molecule has 0 aliphatic heterocycles. The van der Waals surface area contributed by atoms with Crippen LogP contribution < -0.4 is 0 Å². The fourth-order valence-electron chi connectivity index (χ4n) is 0.371. The molecule has 0 amide bonds. The molecule has 0 aromatic carbocycles. The average molecular weight is 143 g/mol. The lowest BCUT2D eigenvalue weighted by Crippen LogP contribution is -1.93. The summed E-state index contributed by atoms with van der Waals surface area (Å²) >= 11 is 4.91. The largest absolute Gasteiger partial charge is 0.251 e. The molecule has 2 heteroatoms. The monoisotopic (exact) mass is 143 g/mol. The van der Waals surface area contributed by atoms with E-state index < -0.39 is 0 Å². The zero-order chi connectivity index (χ0) is 7.28. The highest BCUT2D eigenvalue weighted by atomic mass is 32.1. The van der Waals surface area contributed by atoms with Gasteiger partial charge < -0.3 is 0 Å². The van der Waals surface area contributed by atoms with Crippen molar-refractivity contribution in [3.63, 3.8) is 0 Å². The summed E-state index contributed by atoms with van der Waals surface area (Å²) in [6.45, 7) is 6.10. The van der Waals surface area contributed by atoms with Crippen molar-refractivity contribution in [1.29, 1.82) is 0 Å². The summed E-state index contributed by atoms with van der Waals surface area (Å²) in [6, 6.07) is 0. The standard InChI is InChI=1S/C7H13NS/c1-4-6(3)8-7(9)5-2/h4-5H2,1-3H3. The molecule has 0 spiro atoms. The molecule has 0 unspecified atom stereocenters. The Labute approximate surface area is 62.2 Å². The van der Waals surface area contributed by atoms with E-state index in [-0.39, 0.29) is 0 Å². The number of hydrogen-bond acceptors (Lipinski definition) is 1. The van der Waals surface area contributed by atoms with Crippen LogP contribution in [0.5, 0.6) is 0 Å². The highest BCUT2D eigenvalue weighted by molar-refractivity contribution is 7.80. The Morgan fingerprint density at radius 3 is 2.22 bits per heavy atom. The second-order valence-corrected chi connectivity index (χ2v) is 2.42. The van der Waals surface area contributed by atoms with Gasteiger partial charge in [0.05, 0.1) is 0 Å². The van der Waals surface area contributed by atoms with Gasteiger partial charge in [-0.15, -0.1) is 0 Å². The van der Waals surface area contributed by atoms with Crippen LogP contribution in [0, 0.1) is 0 Å². The van der Waals surface area contributed by atoms with Crippen molar-refractivity contribution in [1.82, 2.24) is 0 Å². The van der Waals surface area contributed by atoms with E-state index in [0.29, 0.717) is 0 Å². The Morgan fingerprint density at radius 1 is 1.33 bits per heavy atom. The van der Waals surface area contributed by atoms with E-state index in [4.69, 9.17) is 12.2 Å². The predicted molar refractivity (Wildman–Crippen MR) is 46.3 cm³/mol. The lowest BCUT2D eigenvalue weighted by atomic mass is 10.3. The number of nitrogens with zero attached hydrogens (tertiary/aromatic N) is 1. The van der Waals surface area contributed by atoms with Crippen molar-refractivity contribution in [2.45, 2.75) is 33.6 Å². The second-order valence-electron chi connectivity index (χ2n) is 1.95. The minimum Gasteiger partial charge on any atom is -0.251 e. The maximum Gasteiger partial charge on any atom is 0.103 e. The Balaban J connectivity index is 3.79. The van der Waals surface area contributed by atoms with E-state index in [2.05, 4.69) is 11.9 Å². The highest BCUT2D eigenvalue weighted by Gasteiger charge is 1.88. The summed E-state index contributed by atoms with van der Waals surface area (Å²) < 4.78 is 0. The van der Waals surface area contributed by atoms with Crippen molar-refractivity contribution in [3.8, 4) is 0 Å². The maximum atomic E-state index is 4.91. The van der Waals surface area contributed by atoms with E-state index >= 15 is 0 Å². The first-order valence-electron chi connectivity index (χ1n) is 3.27. The molecule has 0 N–H and O–H groups in total. The number of aliphatic imine (C=N–C) groups is 1. The van der Waals surface area contributed by atoms with E-state index in [9.17, 15) is 0 Å². The van der Waals surface area contributed by atoms with E-state index in [0.717, 1.165) is 23.5 Å². The molecule has 0 saturated heterocycles. The Hall–Kier alpha value is -0.240. The third-order valence-electron chi connectivity index (χ3n) is 1.13. The molecular weight excluding hydrogens is 130 g/mol. The summed E-state index contributed by atoms with van der Waals surface area (Å²) in [4.78, 5) is 4.98. The number of thiocarbonyl (C=S) groups is 1. The van der Waals surface area contributed by atoms with Crippen LogP contribution in [-0.2, 0) is 0 Å². The molecule has 1 nitrogen and oxygen atoms in total. The summed E-state index contributed by atoms with van der Waals surface area (Å²) in [5.74, 6) is 0. The average Bonchev–Trinajstić information content (AvgIpc) is 1.87. The first kappa shape index (κ1) is 8.76. The predicted octanol–water partition coefficient (Wildman–Crippen LogP) is 2.59. The van der Waals surface area contributed by atoms with Gasteiger partial charge in [-0.1, -0.05) is 26.1 Å². The second kappa shape index (κ2) is 4.62. The summed E-state index contributed by atoms with van der Waals surface area (Å²) in [6.07, 6.45) is 1.88. The minimum absolute atomic E-state index is 0.814. The van der Waals surface area contributed by atoms with Crippen LogP contribution in [0.2, 0.25) is 0 Å². The Morgan fingerprint density at radius 2 is 1.89 bits per heavy atom. The van der Waals surface area contributed by atoms with Crippen LogP contribution >= 0.6 is 12.2 Å². The van der Waals surface area contributed by atoms with Gasteiger partial charge in [-0.25, -0.2) is 0 Å². The van der Waals surface area contributed by atoms with Gasteiger partial charge in [-0.3, -0.25) is 4.99 Å². The van der Waals surface area contributed by atoms with E-state index in [1.807, 2.05) is 13.8 Å².